The Labute approximate surface area is 222 Å². The van der Waals surface area contributed by atoms with Gasteiger partial charge in [0, 0.05) is 38.1 Å². The molecular formula is C27H33FN4O5S. The molecule has 0 spiro atoms. The number of rotatable bonds is 8. The summed E-state index contributed by atoms with van der Waals surface area (Å²) in [5.74, 6) is -1.28. The van der Waals surface area contributed by atoms with Gasteiger partial charge in [-0.25, -0.2) is 18.3 Å². The van der Waals surface area contributed by atoms with E-state index in [0.717, 1.165) is 22.8 Å². The van der Waals surface area contributed by atoms with Crippen LogP contribution in [0.3, 0.4) is 0 Å². The highest BCUT2D eigenvalue weighted by Gasteiger charge is 2.52. The molecule has 38 heavy (non-hydrogen) atoms. The molecule has 2 heterocycles. The monoisotopic (exact) mass is 544 g/mol. The highest BCUT2D eigenvalue weighted by atomic mass is 32.2. The number of likely N-dealkylation sites (tertiary alicyclic amines) is 2. The van der Waals surface area contributed by atoms with Gasteiger partial charge < -0.3 is 4.90 Å². The van der Waals surface area contributed by atoms with Gasteiger partial charge in [-0.1, -0.05) is 37.1 Å². The van der Waals surface area contributed by atoms with Crippen molar-refractivity contribution in [3.05, 3.63) is 54.3 Å². The topological polar surface area (TPSA) is 110 Å². The first-order chi connectivity index (χ1) is 18.2. The molecule has 2 N–H and O–H groups in total. The van der Waals surface area contributed by atoms with Gasteiger partial charge in [-0.3, -0.25) is 19.7 Å². The predicted octanol–water partition coefficient (Wildman–Crippen LogP) is 2.61. The molecule has 1 saturated carbocycles. The molecular weight excluding hydrogens is 511 g/mol. The second-order valence-corrected chi connectivity index (χ2v) is 12.4. The molecule has 9 nitrogen and oxygen atoms in total. The van der Waals surface area contributed by atoms with Crippen LogP contribution in [0.5, 0.6) is 0 Å². The van der Waals surface area contributed by atoms with Crippen molar-refractivity contribution in [1.82, 2.24) is 19.6 Å². The lowest BCUT2D eigenvalue weighted by Crippen LogP contribution is -2.59. The number of sulfonamides is 1. The molecule has 2 bridgehead atoms. The van der Waals surface area contributed by atoms with Gasteiger partial charge in [-0.15, -0.1) is 0 Å². The van der Waals surface area contributed by atoms with Crippen molar-refractivity contribution >= 4 is 21.8 Å². The van der Waals surface area contributed by atoms with Crippen LogP contribution in [0.25, 0.3) is 11.1 Å². The van der Waals surface area contributed by atoms with Gasteiger partial charge in [0.05, 0.1) is 4.90 Å². The molecule has 1 aliphatic carbocycles. The van der Waals surface area contributed by atoms with Gasteiger partial charge >= 0.3 is 0 Å². The molecule has 11 heteroatoms. The lowest BCUT2D eigenvalue weighted by Gasteiger charge is -2.39. The van der Waals surface area contributed by atoms with Crippen LogP contribution in [-0.2, 0) is 19.6 Å². The van der Waals surface area contributed by atoms with E-state index in [0.29, 0.717) is 31.0 Å². The first-order valence-electron chi connectivity index (χ1n) is 13.0. The van der Waals surface area contributed by atoms with Crippen molar-refractivity contribution in [1.29, 1.82) is 0 Å². The van der Waals surface area contributed by atoms with E-state index in [1.807, 2.05) is 11.9 Å². The van der Waals surface area contributed by atoms with E-state index >= 15 is 0 Å². The standard InChI is InChI=1S/C27H33FN4O5S/c1-30-17-23-16-22(30)18-31(23)25(33)12-15-32(27(26(34)29-35)13-2-3-14-27)38(36,37)24-10-6-20(7-11-24)19-4-8-21(28)9-5-19/h4-11,22-23,35H,2-3,12-18H2,1H3,(H,29,34). The van der Waals surface area contributed by atoms with Gasteiger partial charge in [0.15, 0.2) is 0 Å². The number of nitrogens with one attached hydrogen (secondary N) is 1. The molecule has 2 aromatic carbocycles. The van der Waals surface area contributed by atoms with Gasteiger partial charge in [0.1, 0.15) is 11.4 Å². The number of hydrogen-bond donors (Lipinski definition) is 2. The van der Waals surface area contributed by atoms with Crippen molar-refractivity contribution in [2.45, 2.75) is 61.0 Å². The van der Waals surface area contributed by atoms with E-state index in [1.165, 1.54) is 24.3 Å². The molecule has 204 valence electrons. The van der Waals surface area contributed by atoms with E-state index in [9.17, 15) is 27.6 Å². The smallest absolute Gasteiger partial charge is 0.264 e. The van der Waals surface area contributed by atoms with Gasteiger partial charge in [-0.05, 0) is 61.7 Å². The Morgan fingerprint density at radius 3 is 2.16 bits per heavy atom. The van der Waals surface area contributed by atoms with Crippen LogP contribution in [0.15, 0.2) is 53.4 Å². The Morgan fingerprint density at radius 1 is 1.03 bits per heavy atom. The second kappa shape index (κ2) is 10.4. The number of benzene rings is 2. The van der Waals surface area contributed by atoms with E-state index in [4.69, 9.17) is 0 Å². The number of amides is 2. The number of hydroxylamine groups is 1. The fraction of sp³-hybridized carbons (Fsp3) is 0.481. The fourth-order valence-corrected chi connectivity index (χ4v) is 8.11. The molecule has 2 saturated heterocycles. The van der Waals surface area contributed by atoms with E-state index in [1.54, 1.807) is 29.7 Å². The highest BCUT2D eigenvalue weighted by molar-refractivity contribution is 7.89. The summed E-state index contributed by atoms with van der Waals surface area (Å²) in [6.07, 6.45) is 2.61. The summed E-state index contributed by atoms with van der Waals surface area (Å²) in [4.78, 5) is 30.2. The summed E-state index contributed by atoms with van der Waals surface area (Å²) >= 11 is 0. The fourth-order valence-electron chi connectivity index (χ4n) is 6.32. The molecule has 2 atom stereocenters. The van der Waals surface area contributed by atoms with Crippen molar-refractivity contribution in [2.75, 3.05) is 26.7 Å². The second-order valence-electron chi connectivity index (χ2n) is 10.6. The minimum atomic E-state index is -4.22. The minimum absolute atomic E-state index is 0.0188. The van der Waals surface area contributed by atoms with Crippen LogP contribution < -0.4 is 5.48 Å². The van der Waals surface area contributed by atoms with Crippen molar-refractivity contribution in [3.8, 4) is 11.1 Å². The third-order valence-electron chi connectivity index (χ3n) is 8.42. The maximum absolute atomic E-state index is 14.0. The summed E-state index contributed by atoms with van der Waals surface area (Å²) in [6, 6.07) is 12.5. The number of fused-ring (bicyclic) bond motifs is 2. The van der Waals surface area contributed by atoms with E-state index in [2.05, 4.69) is 4.90 Å². The van der Waals surface area contributed by atoms with Crippen LogP contribution in [0.2, 0.25) is 0 Å². The van der Waals surface area contributed by atoms with Crippen LogP contribution in [0, 0.1) is 5.82 Å². The zero-order valence-corrected chi connectivity index (χ0v) is 22.2. The van der Waals surface area contributed by atoms with E-state index < -0.39 is 21.5 Å². The first-order valence-corrected chi connectivity index (χ1v) is 14.4. The Kier molecular flexibility index (Phi) is 7.29. The molecule has 2 aromatic rings. The normalized spacial score (nSPS) is 22.8. The van der Waals surface area contributed by atoms with Crippen molar-refractivity contribution in [2.24, 2.45) is 0 Å². The van der Waals surface area contributed by atoms with Crippen LogP contribution >= 0.6 is 0 Å². The summed E-state index contributed by atoms with van der Waals surface area (Å²) in [6.45, 7) is 1.26. The molecule has 2 amide bonds. The van der Waals surface area contributed by atoms with Gasteiger partial charge in [0.2, 0.25) is 15.9 Å². The number of likely N-dealkylation sites (N-methyl/N-ethyl adjacent to an activating group) is 1. The quantitative estimate of drug-likeness (QED) is 0.391. The van der Waals surface area contributed by atoms with Gasteiger partial charge in [0.25, 0.3) is 5.91 Å². The number of carbonyl (C=O) groups excluding carboxylic acids is 2. The lowest BCUT2D eigenvalue weighted by molar-refractivity contribution is -0.140. The SMILES string of the molecule is CN1CC2CC1CN2C(=O)CCN(C1(C(=O)NO)CCCC1)S(=O)(=O)c1ccc(-c2ccc(F)cc2)cc1. The highest BCUT2D eigenvalue weighted by Crippen LogP contribution is 2.40. The molecule has 5 rings (SSSR count). The largest absolute Gasteiger partial charge is 0.337 e. The Balaban J connectivity index is 1.42. The average molecular weight is 545 g/mol. The predicted molar refractivity (Wildman–Crippen MR) is 138 cm³/mol. The first kappa shape index (κ1) is 26.7. The molecule has 0 aromatic heterocycles. The van der Waals surface area contributed by atoms with Crippen molar-refractivity contribution in [3.63, 3.8) is 0 Å². The van der Waals surface area contributed by atoms with Crippen molar-refractivity contribution < 1.29 is 27.6 Å². The van der Waals surface area contributed by atoms with E-state index in [-0.39, 0.29) is 48.5 Å². The summed E-state index contributed by atoms with van der Waals surface area (Å²) in [5, 5.41) is 9.55. The van der Waals surface area contributed by atoms with Crippen LogP contribution in [-0.4, -0.2) is 83.8 Å². The van der Waals surface area contributed by atoms with Gasteiger partial charge in [-0.2, -0.15) is 4.31 Å². The number of hydrogen-bond acceptors (Lipinski definition) is 6. The third kappa shape index (κ3) is 4.72. The van der Waals surface area contributed by atoms with Crippen LogP contribution in [0.4, 0.5) is 4.39 Å². The third-order valence-corrected chi connectivity index (χ3v) is 10.4. The zero-order chi connectivity index (χ0) is 27.1. The number of nitrogens with zero attached hydrogens (tertiary/aromatic N) is 3. The molecule has 0 radical (unpaired) electrons. The summed E-state index contributed by atoms with van der Waals surface area (Å²) < 4.78 is 42.5. The summed E-state index contributed by atoms with van der Waals surface area (Å²) in [7, 11) is -2.18. The maximum atomic E-state index is 14.0. The minimum Gasteiger partial charge on any atom is -0.337 e. The maximum Gasteiger partial charge on any atom is 0.264 e. The Hall–Kier alpha value is -2.86. The number of carbonyl (C=O) groups is 2. The number of halogens is 1. The average Bonchev–Trinajstić information content (AvgIpc) is 3.65. The number of piperazine rings is 1. The molecule has 3 aliphatic rings. The molecule has 3 fully saturated rings. The lowest BCUT2D eigenvalue weighted by atomic mass is 9.96. The van der Waals surface area contributed by atoms with Crippen LogP contribution in [0.1, 0.15) is 38.5 Å². The Bertz CT molecular complexity index is 1290. The molecule has 2 unspecified atom stereocenters. The molecule has 2 aliphatic heterocycles. The summed E-state index contributed by atoms with van der Waals surface area (Å²) in [5.41, 5.74) is 1.64. The zero-order valence-electron chi connectivity index (χ0n) is 21.3. The Morgan fingerprint density at radius 2 is 1.63 bits per heavy atom.